The molecule has 0 radical (unpaired) electrons. The van der Waals surface area contributed by atoms with Crippen molar-refractivity contribution in [3.05, 3.63) is 81.8 Å². The van der Waals surface area contributed by atoms with Gasteiger partial charge in [-0.05, 0) is 48.4 Å². The topological polar surface area (TPSA) is 72.1 Å². The van der Waals surface area contributed by atoms with E-state index in [1.165, 1.54) is 35.0 Å². The van der Waals surface area contributed by atoms with E-state index in [0.29, 0.717) is 11.1 Å². The van der Waals surface area contributed by atoms with Crippen molar-refractivity contribution in [3.8, 4) is 16.9 Å². The molecule has 1 aliphatic rings. The van der Waals surface area contributed by atoms with Crippen LogP contribution in [0.3, 0.4) is 0 Å². The van der Waals surface area contributed by atoms with Gasteiger partial charge in [0.1, 0.15) is 11.5 Å². The largest absolute Gasteiger partial charge is 0.392 e. The zero-order valence-electron chi connectivity index (χ0n) is 16.9. The summed E-state index contributed by atoms with van der Waals surface area (Å²) >= 11 is 0. The Balaban J connectivity index is 0.00000231. The lowest BCUT2D eigenvalue weighted by Crippen LogP contribution is -2.24. The van der Waals surface area contributed by atoms with Gasteiger partial charge in [0, 0.05) is 48.7 Å². The van der Waals surface area contributed by atoms with E-state index in [1.807, 2.05) is 19.2 Å². The van der Waals surface area contributed by atoms with Crippen molar-refractivity contribution in [2.75, 3.05) is 6.54 Å². The number of aliphatic hydroxyl groups excluding tert-OH is 1. The first kappa shape index (κ1) is 21.2. The van der Waals surface area contributed by atoms with Gasteiger partial charge in [-0.2, -0.15) is 0 Å². The first-order chi connectivity index (χ1) is 14.6. The minimum atomic E-state index is -0.567. The Kier molecular flexibility index (Phi) is 5.66. The lowest BCUT2D eigenvalue weighted by Gasteiger charge is -2.14. The average molecular weight is 441 g/mol. The maximum atomic E-state index is 14.3. The van der Waals surface area contributed by atoms with E-state index in [2.05, 4.69) is 20.9 Å². The van der Waals surface area contributed by atoms with Crippen LogP contribution >= 0.6 is 12.4 Å². The number of nitrogens with zero attached hydrogens (tertiary/aromatic N) is 3. The Labute approximate surface area is 184 Å². The van der Waals surface area contributed by atoms with E-state index in [9.17, 15) is 9.18 Å². The zero-order valence-corrected chi connectivity index (χ0v) is 17.7. The minimum absolute atomic E-state index is 0. The molecule has 0 unspecified atom stereocenters. The van der Waals surface area contributed by atoms with Gasteiger partial charge in [-0.25, -0.2) is 4.39 Å². The standard InChI is InChI=1S/C23H21FN4O2.ClH/c1-27-20-10-16(2-3-17(20)18-4-6-25-12-21(18)27)28-7-5-15(9-22(28)30)23-19(24)8-14(13-29)11-26-23;/h2-3,5,7-11,25,29H,4,6,12-13H2,1H3;1H. The molecule has 1 aromatic carbocycles. The summed E-state index contributed by atoms with van der Waals surface area (Å²) in [5.41, 5.74) is 5.11. The molecule has 4 aromatic rings. The SMILES string of the molecule is Cl.Cn1c2c(c3ccc(-n4ccc(-c5ncc(CO)cc5F)cc4=O)cc31)CCNC2. The van der Waals surface area contributed by atoms with E-state index < -0.39 is 5.82 Å². The summed E-state index contributed by atoms with van der Waals surface area (Å²) in [4.78, 5) is 16.9. The number of hydrogen-bond acceptors (Lipinski definition) is 4. The van der Waals surface area contributed by atoms with Crippen LogP contribution in [0.1, 0.15) is 16.8 Å². The second kappa shape index (κ2) is 8.26. The summed E-state index contributed by atoms with van der Waals surface area (Å²) in [6, 6.07) is 10.3. The second-order valence-corrected chi connectivity index (χ2v) is 7.57. The summed E-state index contributed by atoms with van der Waals surface area (Å²) in [7, 11) is 2.05. The number of hydrogen-bond donors (Lipinski definition) is 2. The normalized spacial score (nSPS) is 13.1. The van der Waals surface area contributed by atoms with Gasteiger partial charge in [0.05, 0.1) is 17.8 Å². The van der Waals surface area contributed by atoms with Gasteiger partial charge in [-0.15, -0.1) is 12.4 Å². The fourth-order valence-corrected chi connectivity index (χ4v) is 4.25. The first-order valence-electron chi connectivity index (χ1n) is 9.86. The number of halogens is 2. The number of fused-ring (bicyclic) bond motifs is 3. The van der Waals surface area contributed by atoms with Gasteiger partial charge < -0.3 is 15.0 Å². The van der Waals surface area contributed by atoms with E-state index in [0.717, 1.165) is 30.7 Å². The van der Waals surface area contributed by atoms with Gasteiger partial charge in [-0.3, -0.25) is 14.3 Å². The van der Waals surface area contributed by atoms with Crippen LogP contribution in [-0.2, 0) is 26.6 Å². The molecule has 6 nitrogen and oxygen atoms in total. The third-order valence-electron chi connectivity index (χ3n) is 5.82. The molecule has 4 heterocycles. The molecule has 8 heteroatoms. The number of pyridine rings is 2. The van der Waals surface area contributed by atoms with Crippen molar-refractivity contribution >= 4 is 23.3 Å². The maximum Gasteiger partial charge on any atom is 0.255 e. The highest BCUT2D eigenvalue weighted by Gasteiger charge is 2.18. The zero-order chi connectivity index (χ0) is 20.8. The highest BCUT2D eigenvalue weighted by atomic mass is 35.5. The van der Waals surface area contributed by atoms with Crippen LogP contribution < -0.4 is 10.9 Å². The van der Waals surface area contributed by atoms with E-state index >= 15 is 0 Å². The van der Waals surface area contributed by atoms with E-state index in [1.54, 1.807) is 16.8 Å². The molecular weight excluding hydrogens is 419 g/mol. The van der Waals surface area contributed by atoms with Crippen LogP contribution in [0.2, 0.25) is 0 Å². The number of rotatable bonds is 3. The molecule has 160 valence electrons. The monoisotopic (exact) mass is 440 g/mol. The summed E-state index contributed by atoms with van der Waals surface area (Å²) < 4.78 is 18.1. The molecule has 0 saturated carbocycles. The number of nitrogens with one attached hydrogen (secondary N) is 1. The third kappa shape index (κ3) is 3.54. The second-order valence-electron chi connectivity index (χ2n) is 7.57. The molecule has 0 atom stereocenters. The van der Waals surface area contributed by atoms with Crippen molar-refractivity contribution in [2.45, 2.75) is 19.6 Å². The molecule has 0 fully saturated rings. The molecule has 31 heavy (non-hydrogen) atoms. The molecular formula is C23H22ClFN4O2. The van der Waals surface area contributed by atoms with Crippen LogP contribution in [0.25, 0.3) is 27.8 Å². The molecule has 0 bridgehead atoms. The molecule has 5 rings (SSSR count). The van der Waals surface area contributed by atoms with Gasteiger partial charge >= 0.3 is 0 Å². The molecule has 3 aromatic heterocycles. The fourth-order valence-electron chi connectivity index (χ4n) is 4.25. The number of aliphatic hydroxyl groups is 1. The summed E-state index contributed by atoms with van der Waals surface area (Å²) in [5.74, 6) is -0.567. The Morgan fingerprint density at radius 2 is 2.06 bits per heavy atom. The Hall–Kier alpha value is -3.00. The van der Waals surface area contributed by atoms with Crippen LogP contribution in [0.15, 0.2) is 53.6 Å². The average Bonchev–Trinajstić information content (AvgIpc) is 3.05. The number of aryl methyl sites for hydroxylation is 1. The van der Waals surface area contributed by atoms with Crippen molar-refractivity contribution in [1.29, 1.82) is 0 Å². The fraction of sp³-hybridized carbons (Fsp3) is 0.217. The van der Waals surface area contributed by atoms with Crippen LogP contribution in [0.5, 0.6) is 0 Å². The van der Waals surface area contributed by atoms with Crippen LogP contribution in [0.4, 0.5) is 4.39 Å². The van der Waals surface area contributed by atoms with E-state index in [-0.39, 0.29) is 30.3 Å². The Morgan fingerprint density at radius 1 is 1.23 bits per heavy atom. The minimum Gasteiger partial charge on any atom is -0.392 e. The van der Waals surface area contributed by atoms with Crippen molar-refractivity contribution < 1.29 is 9.50 Å². The summed E-state index contributed by atoms with van der Waals surface area (Å²) in [5, 5.41) is 13.7. The molecule has 2 N–H and O–H groups in total. The van der Waals surface area contributed by atoms with Crippen LogP contribution in [-0.4, -0.2) is 25.8 Å². The van der Waals surface area contributed by atoms with Crippen molar-refractivity contribution in [2.24, 2.45) is 7.05 Å². The predicted octanol–water partition coefficient (Wildman–Crippen LogP) is 3.09. The molecule has 0 saturated heterocycles. The molecule has 0 amide bonds. The summed E-state index contributed by atoms with van der Waals surface area (Å²) in [6.07, 6.45) is 4.04. The quantitative estimate of drug-likeness (QED) is 0.513. The lowest BCUT2D eigenvalue weighted by molar-refractivity contribution is 0.280. The number of aromatic nitrogens is 3. The van der Waals surface area contributed by atoms with Gasteiger partial charge in [0.2, 0.25) is 0 Å². The van der Waals surface area contributed by atoms with Gasteiger partial charge in [-0.1, -0.05) is 6.07 Å². The summed E-state index contributed by atoms with van der Waals surface area (Å²) in [6.45, 7) is 1.53. The number of benzene rings is 1. The Bertz CT molecular complexity index is 1350. The smallest absolute Gasteiger partial charge is 0.255 e. The first-order valence-corrected chi connectivity index (χ1v) is 9.86. The van der Waals surface area contributed by atoms with Crippen molar-refractivity contribution in [3.63, 3.8) is 0 Å². The van der Waals surface area contributed by atoms with Gasteiger partial charge in [0.15, 0.2) is 0 Å². The molecule has 0 spiro atoms. The van der Waals surface area contributed by atoms with Crippen molar-refractivity contribution in [1.82, 2.24) is 19.4 Å². The molecule has 1 aliphatic heterocycles. The predicted molar refractivity (Wildman–Crippen MR) is 120 cm³/mol. The van der Waals surface area contributed by atoms with E-state index in [4.69, 9.17) is 5.11 Å². The third-order valence-corrected chi connectivity index (χ3v) is 5.82. The highest BCUT2D eigenvalue weighted by Crippen LogP contribution is 2.29. The maximum absolute atomic E-state index is 14.3. The van der Waals surface area contributed by atoms with Gasteiger partial charge in [0.25, 0.3) is 5.56 Å². The highest BCUT2D eigenvalue weighted by molar-refractivity contribution is 5.87. The van der Waals surface area contributed by atoms with Crippen LogP contribution in [0, 0.1) is 5.82 Å². The Morgan fingerprint density at radius 3 is 2.81 bits per heavy atom. The molecule has 0 aliphatic carbocycles. The lowest BCUT2D eigenvalue weighted by atomic mass is 10.0.